The van der Waals surface area contributed by atoms with Crippen molar-refractivity contribution in [2.24, 2.45) is 5.92 Å². The molecule has 2 fully saturated rings. The van der Waals surface area contributed by atoms with E-state index in [4.69, 9.17) is 0 Å². The Bertz CT molecular complexity index is 738. The highest BCUT2D eigenvalue weighted by atomic mass is 32.2. The summed E-state index contributed by atoms with van der Waals surface area (Å²) in [6, 6.07) is 6.35. The van der Waals surface area contributed by atoms with Crippen LogP contribution in [0.4, 0.5) is 5.69 Å². The van der Waals surface area contributed by atoms with Gasteiger partial charge in [0, 0.05) is 18.7 Å². The number of anilines is 1. The van der Waals surface area contributed by atoms with Gasteiger partial charge in [-0.25, -0.2) is 12.7 Å². The van der Waals surface area contributed by atoms with E-state index in [9.17, 15) is 18.0 Å². The molecule has 1 aromatic carbocycles. The van der Waals surface area contributed by atoms with Crippen molar-refractivity contribution in [2.45, 2.75) is 26.2 Å². The second-order valence-electron chi connectivity index (χ2n) is 6.19. The van der Waals surface area contributed by atoms with E-state index in [-0.39, 0.29) is 17.3 Å². The molecule has 0 aliphatic carbocycles. The molecule has 0 aromatic heterocycles. The molecule has 1 aromatic rings. The molecule has 23 heavy (non-hydrogen) atoms. The van der Waals surface area contributed by atoms with Crippen LogP contribution in [0, 0.1) is 5.92 Å². The van der Waals surface area contributed by atoms with Crippen LogP contribution >= 0.6 is 0 Å². The third kappa shape index (κ3) is 2.97. The first-order valence-electron chi connectivity index (χ1n) is 7.86. The maximum atomic E-state index is 12.5. The quantitative estimate of drug-likeness (QED) is 0.822. The van der Waals surface area contributed by atoms with Crippen molar-refractivity contribution in [3.05, 3.63) is 29.8 Å². The van der Waals surface area contributed by atoms with Gasteiger partial charge in [-0.05, 0) is 37.5 Å². The second kappa shape index (κ2) is 5.96. The Hall–Kier alpha value is -1.89. The third-order valence-corrected chi connectivity index (χ3v) is 6.20. The van der Waals surface area contributed by atoms with E-state index >= 15 is 0 Å². The molecule has 0 radical (unpaired) electrons. The van der Waals surface area contributed by atoms with Crippen LogP contribution in [-0.2, 0) is 14.8 Å². The number of hydrogen-bond acceptors (Lipinski definition) is 4. The number of likely N-dealkylation sites (tertiary alicyclic amines) is 1. The zero-order chi connectivity index (χ0) is 16.6. The van der Waals surface area contributed by atoms with Gasteiger partial charge in [-0.2, -0.15) is 0 Å². The Labute approximate surface area is 136 Å². The topological polar surface area (TPSA) is 74.8 Å². The molecule has 1 atom stereocenters. The molecule has 7 heteroatoms. The summed E-state index contributed by atoms with van der Waals surface area (Å²) in [5.74, 6) is -1.28. The number of hydrogen-bond donors (Lipinski definition) is 0. The molecular weight excluding hydrogens is 316 g/mol. The minimum Gasteiger partial charge on any atom is -0.339 e. The average molecular weight is 336 g/mol. The zero-order valence-electron chi connectivity index (χ0n) is 13.1. The van der Waals surface area contributed by atoms with Gasteiger partial charge in [0.1, 0.15) is 0 Å². The average Bonchev–Trinajstić information content (AvgIpc) is 2.75. The lowest BCUT2D eigenvalue weighted by molar-refractivity contribution is -0.119. The molecule has 2 heterocycles. The van der Waals surface area contributed by atoms with Crippen molar-refractivity contribution in [3.63, 3.8) is 0 Å². The summed E-state index contributed by atoms with van der Waals surface area (Å²) >= 11 is 0. The highest BCUT2D eigenvalue weighted by molar-refractivity contribution is 7.94. The Morgan fingerprint density at radius 1 is 1.17 bits per heavy atom. The van der Waals surface area contributed by atoms with Crippen LogP contribution < -0.4 is 4.31 Å². The van der Waals surface area contributed by atoms with Gasteiger partial charge < -0.3 is 4.90 Å². The molecule has 0 N–H and O–H groups in total. The summed E-state index contributed by atoms with van der Waals surface area (Å²) in [6.07, 6.45) is 3.10. The summed E-state index contributed by atoms with van der Waals surface area (Å²) in [5, 5.41) is 0. The molecule has 1 unspecified atom stereocenters. The highest BCUT2D eigenvalue weighted by Crippen LogP contribution is 2.29. The molecule has 2 amide bonds. The molecule has 0 saturated carbocycles. The fourth-order valence-electron chi connectivity index (χ4n) is 3.13. The van der Waals surface area contributed by atoms with Crippen molar-refractivity contribution in [3.8, 4) is 0 Å². The molecule has 2 aliphatic heterocycles. The van der Waals surface area contributed by atoms with Crippen molar-refractivity contribution < 1.29 is 18.0 Å². The summed E-state index contributed by atoms with van der Waals surface area (Å²) in [6.45, 7) is 3.05. The maximum Gasteiger partial charge on any atom is 0.253 e. The number of piperidine rings is 1. The van der Waals surface area contributed by atoms with Crippen LogP contribution in [0.3, 0.4) is 0 Å². The van der Waals surface area contributed by atoms with Gasteiger partial charge in [-0.15, -0.1) is 0 Å². The minimum atomic E-state index is -3.65. The first-order chi connectivity index (χ1) is 10.9. The van der Waals surface area contributed by atoms with Gasteiger partial charge >= 0.3 is 0 Å². The van der Waals surface area contributed by atoms with Crippen molar-refractivity contribution >= 4 is 27.5 Å². The fourth-order valence-corrected chi connectivity index (χ4v) is 4.94. The maximum absolute atomic E-state index is 12.5. The van der Waals surface area contributed by atoms with Gasteiger partial charge in [-0.1, -0.05) is 13.0 Å². The lowest BCUT2D eigenvalue weighted by Gasteiger charge is -2.27. The number of sulfonamides is 1. The fraction of sp³-hybridized carbons (Fsp3) is 0.500. The molecule has 2 aliphatic rings. The number of amides is 2. The Kier molecular flexibility index (Phi) is 4.14. The molecular formula is C16H20N2O4S. The van der Waals surface area contributed by atoms with E-state index in [1.54, 1.807) is 30.0 Å². The van der Waals surface area contributed by atoms with E-state index in [0.29, 0.717) is 5.56 Å². The highest BCUT2D eigenvalue weighted by Gasteiger charge is 2.42. The SMILES string of the molecule is CC1CS(=O)(=O)N(c2cccc(C(=O)N3CCCCC3)c2)C1=O. The number of rotatable bonds is 2. The van der Waals surface area contributed by atoms with Gasteiger partial charge in [0.15, 0.2) is 0 Å². The standard InChI is InChI=1S/C16H20N2O4S/c1-12-11-23(21,22)18(15(12)19)14-7-5-6-13(10-14)16(20)17-8-3-2-4-9-17/h5-7,10,12H,2-4,8-9,11H2,1H3. The number of nitrogens with zero attached hydrogens (tertiary/aromatic N) is 2. The summed E-state index contributed by atoms with van der Waals surface area (Å²) < 4.78 is 25.2. The monoisotopic (exact) mass is 336 g/mol. The van der Waals surface area contributed by atoms with Crippen molar-refractivity contribution in [1.82, 2.24) is 4.90 Å². The predicted molar refractivity (Wildman–Crippen MR) is 86.6 cm³/mol. The molecule has 2 saturated heterocycles. The van der Waals surface area contributed by atoms with Crippen LogP contribution in [0.2, 0.25) is 0 Å². The van der Waals surface area contributed by atoms with E-state index in [0.717, 1.165) is 36.7 Å². The predicted octanol–water partition coefficient (Wildman–Crippen LogP) is 1.63. The Morgan fingerprint density at radius 2 is 1.87 bits per heavy atom. The second-order valence-corrected chi connectivity index (χ2v) is 8.05. The third-order valence-electron chi connectivity index (χ3n) is 4.33. The summed E-state index contributed by atoms with van der Waals surface area (Å²) in [4.78, 5) is 26.5. The smallest absolute Gasteiger partial charge is 0.253 e. The van der Waals surface area contributed by atoms with Gasteiger partial charge in [0.05, 0.1) is 17.4 Å². The van der Waals surface area contributed by atoms with Gasteiger partial charge in [-0.3, -0.25) is 9.59 Å². The van der Waals surface area contributed by atoms with E-state index < -0.39 is 21.8 Å². The van der Waals surface area contributed by atoms with Gasteiger partial charge in [0.2, 0.25) is 15.9 Å². The molecule has 0 bridgehead atoms. The lowest BCUT2D eigenvalue weighted by atomic mass is 10.1. The van der Waals surface area contributed by atoms with Crippen molar-refractivity contribution in [2.75, 3.05) is 23.1 Å². The Balaban J connectivity index is 1.91. The number of benzene rings is 1. The largest absolute Gasteiger partial charge is 0.339 e. The summed E-state index contributed by atoms with van der Waals surface area (Å²) in [5.41, 5.74) is 0.675. The normalized spacial score (nSPS) is 24.0. The van der Waals surface area contributed by atoms with Crippen LogP contribution in [0.15, 0.2) is 24.3 Å². The molecule has 0 spiro atoms. The van der Waals surface area contributed by atoms with Crippen LogP contribution in [-0.4, -0.2) is 44.0 Å². The molecule has 3 rings (SSSR count). The van der Waals surface area contributed by atoms with E-state index in [1.807, 2.05) is 0 Å². The first-order valence-corrected chi connectivity index (χ1v) is 9.47. The summed E-state index contributed by atoms with van der Waals surface area (Å²) in [7, 11) is -3.65. The number of carbonyl (C=O) groups excluding carboxylic acids is 2. The number of carbonyl (C=O) groups is 2. The van der Waals surface area contributed by atoms with E-state index in [1.165, 1.54) is 6.07 Å². The van der Waals surface area contributed by atoms with Gasteiger partial charge in [0.25, 0.3) is 5.91 Å². The zero-order valence-corrected chi connectivity index (χ0v) is 13.9. The molecule has 124 valence electrons. The Morgan fingerprint density at radius 3 is 2.48 bits per heavy atom. The van der Waals surface area contributed by atoms with Crippen molar-refractivity contribution in [1.29, 1.82) is 0 Å². The van der Waals surface area contributed by atoms with Crippen LogP contribution in [0.25, 0.3) is 0 Å². The molecule has 6 nitrogen and oxygen atoms in total. The lowest BCUT2D eigenvalue weighted by Crippen LogP contribution is -2.36. The van der Waals surface area contributed by atoms with Crippen LogP contribution in [0.5, 0.6) is 0 Å². The minimum absolute atomic E-state index is 0.108. The van der Waals surface area contributed by atoms with Crippen LogP contribution in [0.1, 0.15) is 36.5 Å². The first kappa shape index (κ1) is 16.0. The van der Waals surface area contributed by atoms with E-state index in [2.05, 4.69) is 0 Å².